The second kappa shape index (κ2) is 6.95. The van der Waals surface area contributed by atoms with Crippen LogP contribution in [0.15, 0.2) is 18.2 Å². The Balaban J connectivity index is 2.18. The standard InChI is InChI=1S/C18H25NO3/c1-4-5-16(12(2)3)17(20)19-9-8-13-6-7-14(18(21)22)10-15(13)11-19/h6-7,10,12,16H,4-5,8-9,11H2,1-3H3,(H,21,22). The molecule has 1 aliphatic heterocycles. The van der Waals surface area contributed by atoms with Crippen LogP contribution in [-0.4, -0.2) is 28.4 Å². The minimum absolute atomic E-state index is 0.0641. The molecule has 2 rings (SSSR count). The van der Waals surface area contributed by atoms with E-state index in [9.17, 15) is 9.59 Å². The van der Waals surface area contributed by atoms with Crippen LogP contribution in [0.5, 0.6) is 0 Å². The lowest BCUT2D eigenvalue weighted by Crippen LogP contribution is -2.41. The van der Waals surface area contributed by atoms with Crippen molar-refractivity contribution in [2.24, 2.45) is 11.8 Å². The van der Waals surface area contributed by atoms with Gasteiger partial charge in [0.1, 0.15) is 0 Å². The Kier molecular flexibility index (Phi) is 5.22. The fourth-order valence-corrected chi connectivity index (χ4v) is 3.17. The van der Waals surface area contributed by atoms with Gasteiger partial charge in [0, 0.05) is 19.0 Å². The van der Waals surface area contributed by atoms with Crippen molar-refractivity contribution in [3.8, 4) is 0 Å². The summed E-state index contributed by atoms with van der Waals surface area (Å²) >= 11 is 0. The van der Waals surface area contributed by atoms with Gasteiger partial charge in [-0.05, 0) is 42.0 Å². The molecule has 1 heterocycles. The Morgan fingerprint density at radius 2 is 2.00 bits per heavy atom. The van der Waals surface area contributed by atoms with Crippen molar-refractivity contribution in [1.82, 2.24) is 4.90 Å². The van der Waals surface area contributed by atoms with Gasteiger partial charge in [0.2, 0.25) is 5.91 Å². The van der Waals surface area contributed by atoms with E-state index < -0.39 is 5.97 Å². The highest BCUT2D eigenvalue weighted by molar-refractivity contribution is 5.88. The summed E-state index contributed by atoms with van der Waals surface area (Å²) in [5, 5.41) is 9.11. The summed E-state index contributed by atoms with van der Waals surface area (Å²) in [7, 11) is 0. The first-order chi connectivity index (χ1) is 10.4. The van der Waals surface area contributed by atoms with Crippen LogP contribution in [0.25, 0.3) is 0 Å². The lowest BCUT2D eigenvalue weighted by atomic mass is 9.88. The minimum atomic E-state index is -0.919. The number of hydrogen-bond acceptors (Lipinski definition) is 2. The van der Waals surface area contributed by atoms with Crippen LogP contribution in [0.1, 0.15) is 55.1 Å². The third kappa shape index (κ3) is 3.49. The highest BCUT2D eigenvalue weighted by atomic mass is 16.4. The molecule has 1 amide bonds. The van der Waals surface area contributed by atoms with Crippen LogP contribution in [0, 0.1) is 11.8 Å². The number of carbonyl (C=O) groups excluding carboxylic acids is 1. The van der Waals surface area contributed by atoms with E-state index in [1.54, 1.807) is 12.1 Å². The molecule has 0 radical (unpaired) electrons. The van der Waals surface area contributed by atoms with Gasteiger partial charge >= 0.3 is 5.97 Å². The first-order valence-corrected chi connectivity index (χ1v) is 8.08. The van der Waals surface area contributed by atoms with Gasteiger partial charge in [-0.3, -0.25) is 4.79 Å². The highest BCUT2D eigenvalue weighted by Gasteiger charge is 2.28. The molecule has 1 aromatic rings. The van der Waals surface area contributed by atoms with Crippen LogP contribution in [0.3, 0.4) is 0 Å². The lowest BCUT2D eigenvalue weighted by Gasteiger charge is -2.33. The largest absolute Gasteiger partial charge is 0.478 e. The summed E-state index contributed by atoms with van der Waals surface area (Å²) in [5.41, 5.74) is 2.42. The molecule has 0 spiro atoms. The third-order valence-corrected chi connectivity index (χ3v) is 4.50. The third-order valence-electron chi connectivity index (χ3n) is 4.50. The second-order valence-electron chi connectivity index (χ2n) is 6.44. The number of carboxylic acid groups (broad SMARTS) is 1. The summed E-state index contributed by atoms with van der Waals surface area (Å²) in [6.07, 6.45) is 2.72. The molecule has 1 unspecified atom stereocenters. The summed E-state index contributed by atoms with van der Waals surface area (Å²) in [4.78, 5) is 25.8. The van der Waals surface area contributed by atoms with E-state index in [4.69, 9.17) is 5.11 Å². The average Bonchev–Trinajstić information content (AvgIpc) is 2.50. The number of benzene rings is 1. The van der Waals surface area contributed by atoms with E-state index in [2.05, 4.69) is 20.8 Å². The molecule has 1 N–H and O–H groups in total. The monoisotopic (exact) mass is 303 g/mol. The normalized spacial score (nSPS) is 15.5. The van der Waals surface area contributed by atoms with Crippen LogP contribution < -0.4 is 0 Å². The Bertz CT molecular complexity index is 565. The van der Waals surface area contributed by atoms with Gasteiger partial charge in [0.05, 0.1) is 5.56 Å². The number of carbonyl (C=O) groups is 2. The fraction of sp³-hybridized carbons (Fsp3) is 0.556. The number of nitrogens with zero attached hydrogens (tertiary/aromatic N) is 1. The minimum Gasteiger partial charge on any atom is -0.478 e. The van der Waals surface area contributed by atoms with E-state index >= 15 is 0 Å². The molecule has 120 valence electrons. The van der Waals surface area contributed by atoms with Crippen LogP contribution in [-0.2, 0) is 17.8 Å². The van der Waals surface area contributed by atoms with Crippen molar-refractivity contribution in [1.29, 1.82) is 0 Å². The molecule has 1 atom stereocenters. The first kappa shape index (κ1) is 16.5. The number of carboxylic acids is 1. The number of fused-ring (bicyclic) bond motifs is 1. The maximum atomic E-state index is 12.8. The molecule has 0 bridgehead atoms. The fourth-order valence-electron chi connectivity index (χ4n) is 3.17. The molecule has 0 saturated heterocycles. The number of hydrogen-bond donors (Lipinski definition) is 1. The van der Waals surface area contributed by atoms with Crippen LogP contribution >= 0.6 is 0 Å². The quantitative estimate of drug-likeness (QED) is 0.907. The van der Waals surface area contributed by atoms with Gasteiger partial charge < -0.3 is 10.0 Å². The predicted octanol–water partition coefficient (Wildman–Crippen LogP) is 3.34. The second-order valence-corrected chi connectivity index (χ2v) is 6.44. The number of aromatic carboxylic acids is 1. The zero-order chi connectivity index (χ0) is 16.3. The van der Waals surface area contributed by atoms with Gasteiger partial charge in [-0.15, -0.1) is 0 Å². The number of rotatable bonds is 5. The van der Waals surface area contributed by atoms with Gasteiger partial charge in [-0.1, -0.05) is 33.3 Å². The van der Waals surface area contributed by atoms with Crippen LogP contribution in [0.4, 0.5) is 0 Å². The van der Waals surface area contributed by atoms with E-state index in [1.807, 2.05) is 11.0 Å². The van der Waals surface area contributed by atoms with E-state index in [1.165, 1.54) is 0 Å². The molecule has 1 aromatic carbocycles. The average molecular weight is 303 g/mol. The maximum absolute atomic E-state index is 12.8. The van der Waals surface area contributed by atoms with Crippen LogP contribution in [0.2, 0.25) is 0 Å². The van der Waals surface area contributed by atoms with Crippen molar-refractivity contribution in [2.75, 3.05) is 6.54 Å². The van der Waals surface area contributed by atoms with Crippen molar-refractivity contribution in [3.05, 3.63) is 34.9 Å². The zero-order valence-corrected chi connectivity index (χ0v) is 13.6. The molecule has 0 fully saturated rings. The highest BCUT2D eigenvalue weighted by Crippen LogP contribution is 2.25. The summed E-state index contributed by atoms with van der Waals surface area (Å²) in [6, 6.07) is 5.24. The lowest BCUT2D eigenvalue weighted by molar-refractivity contribution is -0.138. The smallest absolute Gasteiger partial charge is 0.335 e. The van der Waals surface area contributed by atoms with Crippen molar-refractivity contribution in [3.63, 3.8) is 0 Å². The predicted molar refractivity (Wildman–Crippen MR) is 85.8 cm³/mol. The van der Waals surface area contributed by atoms with E-state index in [0.717, 1.165) is 36.9 Å². The Morgan fingerprint density at radius 3 is 2.59 bits per heavy atom. The molecular formula is C18H25NO3. The molecule has 4 heteroatoms. The number of amides is 1. The molecule has 1 aliphatic rings. The SMILES string of the molecule is CCCC(C(=O)N1CCc2ccc(C(=O)O)cc2C1)C(C)C. The molecule has 4 nitrogen and oxygen atoms in total. The summed E-state index contributed by atoms with van der Waals surface area (Å²) < 4.78 is 0. The zero-order valence-electron chi connectivity index (χ0n) is 13.6. The van der Waals surface area contributed by atoms with Crippen molar-refractivity contribution < 1.29 is 14.7 Å². The van der Waals surface area contributed by atoms with Gasteiger partial charge in [0.25, 0.3) is 0 Å². The van der Waals surface area contributed by atoms with Crippen molar-refractivity contribution in [2.45, 2.75) is 46.6 Å². The van der Waals surface area contributed by atoms with Gasteiger partial charge in [0.15, 0.2) is 0 Å². The Morgan fingerprint density at radius 1 is 1.27 bits per heavy atom. The summed E-state index contributed by atoms with van der Waals surface area (Å²) in [6.45, 7) is 7.55. The van der Waals surface area contributed by atoms with E-state index in [0.29, 0.717) is 18.0 Å². The van der Waals surface area contributed by atoms with Crippen molar-refractivity contribution >= 4 is 11.9 Å². The van der Waals surface area contributed by atoms with E-state index in [-0.39, 0.29) is 11.8 Å². The summed E-state index contributed by atoms with van der Waals surface area (Å²) in [5.74, 6) is -0.311. The first-order valence-electron chi connectivity index (χ1n) is 8.08. The topological polar surface area (TPSA) is 57.6 Å². The Labute approximate surface area is 132 Å². The Hall–Kier alpha value is -1.84. The molecule has 0 aromatic heterocycles. The molecule has 0 saturated carbocycles. The molecule has 22 heavy (non-hydrogen) atoms. The van der Waals surface area contributed by atoms with Gasteiger partial charge in [-0.25, -0.2) is 4.79 Å². The maximum Gasteiger partial charge on any atom is 0.335 e. The molecule has 0 aliphatic carbocycles. The molecular weight excluding hydrogens is 278 g/mol. The van der Waals surface area contributed by atoms with Gasteiger partial charge in [-0.2, -0.15) is 0 Å².